The molecule has 4 heteroatoms. The zero-order valence-corrected chi connectivity index (χ0v) is 12.2. The molecule has 0 atom stereocenters. The lowest BCUT2D eigenvalue weighted by Gasteiger charge is -2.00. The van der Waals surface area contributed by atoms with Crippen LogP contribution in [-0.2, 0) is 6.42 Å². The molecule has 3 rings (SSSR count). The Bertz CT molecular complexity index is 801. The van der Waals surface area contributed by atoms with E-state index in [-0.39, 0.29) is 5.43 Å². The maximum atomic E-state index is 12.5. The molecule has 0 unspecified atom stereocenters. The SMILES string of the molecule is CC(C)Cc1ncc(-c2coc3ccccc3c2=O)s1. The maximum absolute atomic E-state index is 12.5. The van der Waals surface area contributed by atoms with Gasteiger partial charge in [0.2, 0.25) is 5.43 Å². The second-order valence-electron chi connectivity index (χ2n) is 5.19. The topological polar surface area (TPSA) is 43.1 Å². The molecule has 3 nitrogen and oxygen atoms in total. The first-order valence-corrected chi connectivity index (χ1v) is 7.42. The van der Waals surface area contributed by atoms with E-state index in [1.54, 1.807) is 29.7 Å². The van der Waals surface area contributed by atoms with Crippen molar-refractivity contribution in [3.05, 3.63) is 52.0 Å². The summed E-state index contributed by atoms with van der Waals surface area (Å²) < 4.78 is 5.55. The van der Waals surface area contributed by atoms with Gasteiger partial charge in [0, 0.05) is 12.6 Å². The average molecular weight is 285 g/mol. The van der Waals surface area contributed by atoms with E-state index in [1.165, 1.54) is 6.26 Å². The minimum absolute atomic E-state index is 0.00611. The van der Waals surface area contributed by atoms with Crippen molar-refractivity contribution in [2.75, 3.05) is 0 Å². The summed E-state index contributed by atoms with van der Waals surface area (Å²) in [5.74, 6) is 0.557. The third kappa shape index (κ3) is 2.39. The van der Waals surface area contributed by atoms with Gasteiger partial charge in [0.1, 0.15) is 11.8 Å². The van der Waals surface area contributed by atoms with Crippen LogP contribution in [0.3, 0.4) is 0 Å². The van der Waals surface area contributed by atoms with Gasteiger partial charge in [-0.15, -0.1) is 11.3 Å². The smallest absolute Gasteiger partial charge is 0.201 e. The normalized spacial score (nSPS) is 11.3. The van der Waals surface area contributed by atoms with Crippen LogP contribution in [0.1, 0.15) is 18.9 Å². The Kier molecular flexibility index (Phi) is 3.40. The van der Waals surface area contributed by atoms with Crippen LogP contribution in [0.15, 0.2) is 45.9 Å². The number of aromatic nitrogens is 1. The van der Waals surface area contributed by atoms with Crippen molar-refractivity contribution in [1.82, 2.24) is 4.98 Å². The van der Waals surface area contributed by atoms with Gasteiger partial charge in [-0.25, -0.2) is 4.98 Å². The summed E-state index contributed by atoms with van der Waals surface area (Å²) in [6, 6.07) is 7.30. The van der Waals surface area contributed by atoms with Crippen LogP contribution < -0.4 is 5.43 Å². The Labute approximate surface area is 120 Å². The molecule has 2 heterocycles. The highest BCUT2D eigenvalue weighted by Crippen LogP contribution is 2.26. The molecule has 0 aliphatic rings. The molecule has 3 aromatic rings. The highest BCUT2D eigenvalue weighted by atomic mass is 32.1. The van der Waals surface area contributed by atoms with Crippen LogP contribution in [0.25, 0.3) is 21.4 Å². The van der Waals surface area contributed by atoms with Crippen molar-refractivity contribution in [3.63, 3.8) is 0 Å². The van der Waals surface area contributed by atoms with E-state index in [1.807, 2.05) is 12.1 Å². The predicted octanol–water partition coefficient (Wildman–Crippen LogP) is 4.12. The molecule has 0 N–H and O–H groups in total. The van der Waals surface area contributed by atoms with Crippen molar-refractivity contribution in [3.8, 4) is 10.4 Å². The monoisotopic (exact) mass is 285 g/mol. The summed E-state index contributed by atoms with van der Waals surface area (Å²) >= 11 is 1.57. The van der Waals surface area contributed by atoms with E-state index in [2.05, 4.69) is 18.8 Å². The standard InChI is InChI=1S/C16H15NO2S/c1-10(2)7-15-17-8-14(20-15)12-9-19-13-6-4-3-5-11(13)16(12)18/h3-6,8-10H,7H2,1-2H3. The minimum Gasteiger partial charge on any atom is -0.463 e. The van der Waals surface area contributed by atoms with Gasteiger partial charge in [-0.05, 0) is 18.1 Å². The number of fused-ring (bicyclic) bond motifs is 1. The molecule has 0 radical (unpaired) electrons. The summed E-state index contributed by atoms with van der Waals surface area (Å²) in [6.45, 7) is 4.32. The summed E-state index contributed by atoms with van der Waals surface area (Å²) in [7, 11) is 0. The molecule has 0 saturated heterocycles. The van der Waals surface area contributed by atoms with Crippen molar-refractivity contribution < 1.29 is 4.42 Å². The van der Waals surface area contributed by atoms with Gasteiger partial charge >= 0.3 is 0 Å². The fourth-order valence-electron chi connectivity index (χ4n) is 2.13. The number of rotatable bonds is 3. The number of hydrogen-bond donors (Lipinski definition) is 0. The number of para-hydroxylation sites is 1. The Hall–Kier alpha value is -1.94. The van der Waals surface area contributed by atoms with E-state index >= 15 is 0 Å². The molecule has 0 spiro atoms. The van der Waals surface area contributed by atoms with E-state index in [0.29, 0.717) is 22.5 Å². The molecule has 0 saturated carbocycles. The first kappa shape index (κ1) is 13.1. The molecule has 1 aromatic carbocycles. The molecule has 0 bridgehead atoms. The largest absolute Gasteiger partial charge is 0.463 e. The van der Waals surface area contributed by atoms with Gasteiger partial charge < -0.3 is 4.42 Å². The molecular weight excluding hydrogens is 270 g/mol. The Morgan fingerprint density at radius 1 is 1.30 bits per heavy atom. The minimum atomic E-state index is 0.00611. The maximum Gasteiger partial charge on any atom is 0.201 e. The summed E-state index contributed by atoms with van der Waals surface area (Å²) in [6.07, 6.45) is 4.24. The fraction of sp³-hybridized carbons (Fsp3) is 0.250. The Morgan fingerprint density at radius 3 is 2.90 bits per heavy atom. The highest BCUT2D eigenvalue weighted by Gasteiger charge is 2.12. The van der Waals surface area contributed by atoms with Crippen LogP contribution in [0.2, 0.25) is 0 Å². The Morgan fingerprint density at radius 2 is 2.10 bits per heavy atom. The number of benzene rings is 1. The van der Waals surface area contributed by atoms with Gasteiger partial charge in [0.25, 0.3) is 0 Å². The van der Waals surface area contributed by atoms with Crippen molar-refractivity contribution >= 4 is 22.3 Å². The van der Waals surface area contributed by atoms with Gasteiger partial charge in [-0.2, -0.15) is 0 Å². The third-order valence-electron chi connectivity index (χ3n) is 3.08. The molecule has 0 fully saturated rings. The van der Waals surface area contributed by atoms with Crippen LogP contribution in [-0.4, -0.2) is 4.98 Å². The average Bonchev–Trinajstić information content (AvgIpc) is 2.87. The fourth-order valence-corrected chi connectivity index (χ4v) is 3.26. The molecule has 20 heavy (non-hydrogen) atoms. The van der Waals surface area contributed by atoms with Crippen molar-refractivity contribution in [2.45, 2.75) is 20.3 Å². The van der Waals surface area contributed by atoms with E-state index < -0.39 is 0 Å². The van der Waals surface area contributed by atoms with Crippen LogP contribution in [0.5, 0.6) is 0 Å². The Balaban J connectivity index is 2.08. The molecule has 2 aromatic heterocycles. The van der Waals surface area contributed by atoms with Crippen molar-refractivity contribution in [1.29, 1.82) is 0 Å². The second-order valence-corrected chi connectivity index (χ2v) is 6.31. The quantitative estimate of drug-likeness (QED) is 0.727. The molecule has 0 aliphatic heterocycles. The molecule has 0 amide bonds. The number of nitrogens with zero attached hydrogens (tertiary/aromatic N) is 1. The summed E-state index contributed by atoms with van der Waals surface area (Å²) in [5, 5.41) is 1.67. The first-order valence-electron chi connectivity index (χ1n) is 6.61. The van der Waals surface area contributed by atoms with Gasteiger partial charge in [0.15, 0.2) is 0 Å². The third-order valence-corrected chi connectivity index (χ3v) is 4.13. The zero-order chi connectivity index (χ0) is 14.1. The summed E-state index contributed by atoms with van der Waals surface area (Å²) in [4.78, 5) is 17.7. The van der Waals surface area contributed by atoms with E-state index in [4.69, 9.17) is 4.42 Å². The first-order chi connectivity index (χ1) is 9.65. The highest BCUT2D eigenvalue weighted by molar-refractivity contribution is 7.15. The van der Waals surface area contributed by atoms with E-state index in [9.17, 15) is 4.79 Å². The number of hydrogen-bond acceptors (Lipinski definition) is 4. The van der Waals surface area contributed by atoms with Gasteiger partial charge in [-0.3, -0.25) is 4.79 Å². The van der Waals surface area contributed by atoms with Crippen molar-refractivity contribution in [2.24, 2.45) is 5.92 Å². The van der Waals surface area contributed by atoms with Crippen LogP contribution >= 0.6 is 11.3 Å². The lowest BCUT2D eigenvalue weighted by molar-refractivity contribution is 0.605. The molecule has 0 aliphatic carbocycles. The lowest BCUT2D eigenvalue weighted by Crippen LogP contribution is -2.03. The van der Waals surface area contributed by atoms with Crippen LogP contribution in [0.4, 0.5) is 0 Å². The van der Waals surface area contributed by atoms with Gasteiger partial charge in [-0.1, -0.05) is 26.0 Å². The predicted molar refractivity (Wildman–Crippen MR) is 82.1 cm³/mol. The van der Waals surface area contributed by atoms with E-state index in [0.717, 1.165) is 16.3 Å². The van der Waals surface area contributed by atoms with Gasteiger partial charge in [0.05, 0.1) is 20.8 Å². The van der Waals surface area contributed by atoms with Crippen LogP contribution in [0, 0.1) is 5.92 Å². The molecule has 102 valence electrons. The summed E-state index contributed by atoms with van der Waals surface area (Å²) in [5.41, 5.74) is 1.22. The second kappa shape index (κ2) is 5.21. The number of thiazole rings is 1. The zero-order valence-electron chi connectivity index (χ0n) is 11.4. The lowest BCUT2D eigenvalue weighted by atomic mass is 10.1. The molecular formula is C16H15NO2S.